The van der Waals surface area contributed by atoms with Crippen LogP contribution in [0.5, 0.6) is 0 Å². The lowest BCUT2D eigenvalue weighted by Gasteiger charge is -2.28. The summed E-state index contributed by atoms with van der Waals surface area (Å²) in [4.78, 5) is 55.2. The van der Waals surface area contributed by atoms with Crippen molar-refractivity contribution in [2.75, 3.05) is 11.9 Å². The number of anilines is 1. The SMILES string of the molecule is Cc1cc(C(=O)N[C@H](C(=O)C[C@@H](Cc2cc(F)c(F)cc2F)C(=O)N2C[C@]3(C[C@H]2C#N)C(=O)Nc2ccccc23)C(C)C)no1. The summed E-state index contributed by atoms with van der Waals surface area (Å²) in [5.41, 5.74) is -0.456. The second-order valence-electron chi connectivity index (χ2n) is 11.8. The van der Waals surface area contributed by atoms with Crippen molar-refractivity contribution in [2.45, 2.75) is 57.5 Å². The molecule has 234 valence electrons. The zero-order valence-corrected chi connectivity index (χ0v) is 24.7. The number of Topliss-reactive ketones (excluding diaryl/α,β-unsaturated/α-hetero) is 1. The van der Waals surface area contributed by atoms with Crippen molar-refractivity contribution in [1.29, 1.82) is 5.26 Å². The number of nitrogens with one attached hydrogen (secondary N) is 2. The van der Waals surface area contributed by atoms with Gasteiger partial charge < -0.3 is 20.1 Å². The first-order valence-corrected chi connectivity index (χ1v) is 14.4. The highest BCUT2D eigenvalue weighted by Crippen LogP contribution is 2.46. The van der Waals surface area contributed by atoms with Crippen LogP contribution >= 0.6 is 0 Å². The van der Waals surface area contributed by atoms with Crippen LogP contribution in [-0.2, 0) is 26.2 Å². The van der Waals surface area contributed by atoms with E-state index in [-0.39, 0.29) is 30.1 Å². The second kappa shape index (κ2) is 12.2. The van der Waals surface area contributed by atoms with E-state index in [4.69, 9.17) is 4.52 Å². The molecule has 3 aromatic rings. The van der Waals surface area contributed by atoms with Gasteiger partial charge in [0.15, 0.2) is 23.1 Å². The molecule has 13 heteroatoms. The molecule has 0 bridgehead atoms. The van der Waals surface area contributed by atoms with Gasteiger partial charge in [0.1, 0.15) is 17.6 Å². The van der Waals surface area contributed by atoms with E-state index in [9.17, 15) is 37.6 Å². The number of carbonyl (C=O) groups is 4. The van der Waals surface area contributed by atoms with Crippen LogP contribution in [0.25, 0.3) is 0 Å². The number of ketones is 1. The predicted molar refractivity (Wildman–Crippen MR) is 153 cm³/mol. The number of aryl methyl sites for hydroxylation is 1. The minimum atomic E-state index is -1.42. The van der Waals surface area contributed by atoms with Gasteiger partial charge in [-0.2, -0.15) is 5.26 Å². The number of nitriles is 1. The molecule has 2 aliphatic rings. The molecule has 1 saturated heterocycles. The first kappa shape index (κ1) is 31.4. The van der Waals surface area contributed by atoms with Crippen molar-refractivity contribution in [1.82, 2.24) is 15.4 Å². The number of fused-ring (bicyclic) bond motifs is 2. The third kappa shape index (κ3) is 5.92. The zero-order valence-electron chi connectivity index (χ0n) is 24.7. The van der Waals surface area contributed by atoms with Gasteiger partial charge in [0.05, 0.1) is 17.5 Å². The second-order valence-corrected chi connectivity index (χ2v) is 11.8. The van der Waals surface area contributed by atoms with Gasteiger partial charge >= 0.3 is 0 Å². The Labute approximate surface area is 256 Å². The lowest BCUT2D eigenvalue weighted by Crippen LogP contribution is -2.47. The number of halogens is 3. The highest BCUT2D eigenvalue weighted by Gasteiger charge is 2.56. The zero-order chi connectivity index (χ0) is 32.6. The number of hydrogen-bond donors (Lipinski definition) is 2. The largest absolute Gasteiger partial charge is 0.361 e. The highest BCUT2D eigenvalue weighted by atomic mass is 19.2. The normalized spacial score (nSPS) is 20.1. The van der Waals surface area contributed by atoms with Gasteiger partial charge in [0.2, 0.25) is 11.8 Å². The number of rotatable bonds is 9. The number of benzene rings is 2. The van der Waals surface area contributed by atoms with Crippen LogP contribution < -0.4 is 10.6 Å². The molecule has 0 saturated carbocycles. The third-order valence-electron chi connectivity index (χ3n) is 8.43. The smallest absolute Gasteiger partial charge is 0.274 e. The average Bonchev–Trinajstić information content (AvgIpc) is 3.69. The molecule has 3 heterocycles. The van der Waals surface area contributed by atoms with E-state index in [1.165, 1.54) is 11.0 Å². The molecular formula is C32H30F3N5O5. The van der Waals surface area contributed by atoms with Gasteiger partial charge in [-0.3, -0.25) is 19.2 Å². The molecule has 1 aromatic heterocycles. The topological polar surface area (TPSA) is 145 Å². The van der Waals surface area contributed by atoms with E-state index in [0.717, 1.165) is 0 Å². The van der Waals surface area contributed by atoms with Gasteiger partial charge in [-0.05, 0) is 42.5 Å². The number of para-hydroxylation sites is 1. The molecule has 3 amide bonds. The molecule has 0 aliphatic carbocycles. The van der Waals surface area contributed by atoms with Crippen LogP contribution in [0, 0.1) is 47.5 Å². The van der Waals surface area contributed by atoms with Gasteiger partial charge in [-0.25, -0.2) is 13.2 Å². The number of aromatic nitrogens is 1. The fourth-order valence-electron chi connectivity index (χ4n) is 6.13. The number of nitrogens with zero attached hydrogens (tertiary/aromatic N) is 3. The standard InChI is InChI=1S/C32H30F3N5O5/c1-16(2)28(38-29(42)26-8-17(3)45-39-26)27(41)11-19(9-18-10-23(34)24(35)12-22(18)33)30(43)40-15-32(13-20(40)14-36)21-6-4-5-7-25(21)37-31(32)44/h4-8,10,12,16,19-20,28H,9,11,13,15H2,1-3H3,(H,37,44)(H,38,42)/t19-,20+,28+,32+/m1/s1. The molecule has 1 fully saturated rings. The first-order valence-electron chi connectivity index (χ1n) is 14.4. The highest BCUT2D eigenvalue weighted by molar-refractivity contribution is 6.07. The summed E-state index contributed by atoms with van der Waals surface area (Å²) in [6, 6.07) is 9.18. The molecule has 10 nitrogen and oxygen atoms in total. The Morgan fingerprint density at radius 2 is 1.87 bits per heavy atom. The van der Waals surface area contributed by atoms with E-state index in [2.05, 4.69) is 21.9 Å². The van der Waals surface area contributed by atoms with Gasteiger partial charge in [-0.15, -0.1) is 0 Å². The van der Waals surface area contributed by atoms with Crippen molar-refractivity contribution < 1.29 is 36.9 Å². The molecule has 45 heavy (non-hydrogen) atoms. The predicted octanol–water partition coefficient (Wildman–Crippen LogP) is 3.99. The van der Waals surface area contributed by atoms with Gasteiger partial charge in [0.25, 0.3) is 5.91 Å². The van der Waals surface area contributed by atoms with Crippen LogP contribution in [0.3, 0.4) is 0 Å². The van der Waals surface area contributed by atoms with E-state index in [0.29, 0.717) is 29.1 Å². The minimum absolute atomic E-state index is 0.0138. The van der Waals surface area contributed by atoms with Gasteiger partial charge in [-0.1, -0.05) is 37.2 Å². The molecule has 1 spiro atoms. The van der Waals surface area contributed by atoms with E-state index in [1.54, 1.807) is 45.0 Å². The fraction of sp³-hybridized carbons (Fsp3) is 0.375. The molecule has 2 aliphatic heterocycles. The van der Waals surface area contributed by atoms with Crippen molar-refractivity contribution in [3.05, 3.63) is 82.5 Å². The maximum atomic E-state index is 14.8. The van der Waals surface area contributed by atoms with Crippen molar-refractivity contribution in [3.8, 4) is 6.07 Å². The van der Waals surface area contributed by atoms with Gasteiger partial charge in [0, 0.05) is 43.1 Å². The minimum Gasteiger partial charge on any atom is -0.361 e. The van der Waals surface area contributed by atoms with Crippen LogP contribution in [0.1, 0.15) is 54.1 Å². The Hall–Kier alpha value is -4.99. The van der Waals surface area contributed by atoms with Crippen LogP contribution in [-0.4, -0.2) is 52.2 Å². The quantitative estimate of drug-likeness (QED) is 0.344. The summed E-state index contributed by atoms with van der Waals surface area (Å²) in [7, 11) is 0. The van der Waals surface area contributed by atoms with E-state index >= 15 is 0 Å². The molecule has 0 unspecified atom stereocenters. The lowest BCUT2D eigenvalue weighted by atomic mass is 9.80. The summed E-state index contributed by atoms with van der Waals surface area (Å²) in [5, 5.41) is 19.1. The first-order chi connectivity index (χ1) is 21.3. The fourth-order valence-corrected chi connectivity index (χ4v) is 6.13. The molecule has 0 radical (unpaired) electrons. The lowest BCUT2D eigenvalue weighted by molar-refractivity contribution is -0.138. The number of amides is 3. The Bertz CT molecular complexity index is 1730. The average molecular weight is 622 g/mol. The molecule has 5 rings (SSSR count). The Morgan fingerprint density at radius 3 is 2.53 bits per heavy atom. The molecular weight excluding hydrogens is 591 g/mol. The number of hydrogen-bond acceptors (Lipinski definition) is 7. The maximum Gasteiger partial charge on any atom is 0.274 e. The summed E-state index contributed by atoms with van der Waals surface area (Å²) in [6.07, 6.45) is -1.07. The van der Waals surface area contributed by atoms with Crippen molar-refractivity contribution >= 4 is 29.2 Å². The molecule has 2 N–H and O–H groups in total. The van der Waals surface area contributed by atoms with Crippen LogP contribution in [0.15, 0.2) is 47.0 Å². The summed E-state index contributed by atoms with van der Waals surface area (Å²) in [6.45, 7) is 4.75. The van der Waals surface area contributed by atoms with Crippen molar-refractivity contribution in [3.63, 3.8) is 0 Å². The Balaban J connectivity index is 1.46. The number of likely N-dealkylation sites (tertiary alicyclic amines) is 1. The van der Waals surface area contributed by atoms with Crippen LogP contribution in [0.4, 0.5) is 18.9 Å². The van der Waals surface area contributed by atoms with Crippen molar-refractivity contribution in [2.24, 2.45) is 11.8 Å². The summed E-state index contributed by atoms with van der Waals surface area (Å²) >= 11 is 0. The molecule has 4 atom stereocenters. The summed E-state index contributed by atoms with van der Waals surface area (Å²) < 4.78 is 47.6. The van der Waals surface area contributed by atoms with Crippen LogP contribution in [0.2, 0.25) is 0 Å². The summed E-state index contributed by atoms with van der Waals surface area (Å²) in [5.74, 6) is -7.71. The van der Waals surface area contributed by atoms with E-state index in [1.807, 2.05) is 0 Å². The third-order valence-corrected chi connectivity index (χ3v) is 8.43. The monoisotopic (exact) mass is 621 g/mol. The van der Waals surface area contributed by atoms with E-state index < -0.39 is 77.2 Å². The number of carbonyl (C=O) groups excluding carboxylic acids is 4. The Kier molecular flexibility index (Phi) is 8.51. The Morgan fingerprint density at radius 1 is 1.16 bits per heavy atom. The maximum absolute atomic E-state index is 14.8. The molecule has 2 aromatic carbocycles.